The summed E-state index contributed by atoms with van der Waals surface area (Å²) < 4.78 is 4.99. The molecular formula is C14H17N3O4S. The molecule has 0 aromatic heterocycles. The van der Waals surface area contributed by atoms with E-state index in [1.807, 2.05) is 6.92 Å². The van der Waals surface area contributed by atoms with Crippen molar-refractivity contribution in [1.29, 1.82) is 5.26 Å². The van der Waals surface area contributed by atoms with Crippen LogP contribution in [0.4, 0.5) is 0 Å². The molecule has 2 rings (SSSR count). The fraction of sp³-hybridized carbons (Fsp3) is 0.571. The van der Waals surface area contributed by atoms with Gasteiger partial charge in [0.1, 0.15) is 17.7 Å². The first-order valence-corrected chi connectivity index (χ1v) is 7.81. The Kier molecular flexibility index (Phi) is 4.47. The molecule has 2 heterocycles. The van der Waals surface area contributed by atoms with Gasteiger partial charge in [-0.3, -0.25) is 9.59 Å². The van der Waals surface area contributed by atoms with E-state index < -0.39 is 24.4 Å². The molecule has 7 nitrogen and oxygen atoms in total. The number of rotatable bonds is 4. The van der Waals surface area contributed by atoms with E-state index in [0.717, 1.165) is 0 Å². The van der Waals surface area contributed by atoms with Gasteiger partial charge in [0, 0.05) is 17.9 Å². The molecule has 0 spiro atoms. The van der Waals surface area contributed by atoms with Crippen LogP contribution >= 0.6 is 11.8 Å². The van der Waals surface area contributed by atoms with Gasteiger partial charge in [-0.25, -0.2) is 4.79 Å². The lowest BCUT2D eigenvalue weighted by molar-refractivity contribution is -0.155. The Morgan fingerprint density at radius 2 is 2.27 bits per heavy atom. The van der Waals surface area contributed by atoms with Crippen LogP contribution in [0.25, 0.3) is 0 Å². The highest BCUT2D eigenvalue weighted by Crippen LogP contribution is 2.47. The number of Topliss-reactive ketones (excluding diaryl/α,β-unsaturated/α-hetero) is 1. The second-order valence-electron chi connectivity index (χ2n) is 5.47. The van der Waals surface area contributed by atoms with E-state index in [0.29, 0.717) is 18.6 Å². The number of thioether (sulfide) groups is 1. The van der Waals surface area contributed by atoms with Crippen molar-refractivity contribution in [2.45, 2.75) is 37.6 Å². The Labute approximate surface area is 132 Å². The number of hydrogen-bond acceptors (Lipinski definition) is 7. The van der Waals surface area contributed by atoms with Gasteiger partial charge in [0.05, 0.1) is 4.87 Å². The van der Waals surface area contributed by atoms with Gasteiger partial charge in [0.2, 0.25) is 11.7 Å². The van der Waals surface area contributed by atoms with Gasteiger partial charge in [-0.2, -0.15) is 5.26 Å². The lowest BCUT2D eigenvalue weighted by atomic mass is 10.1. The molecule has 1 amide bonds. The van der Waals surface area contributed by atoms with Crippen LogP contribution in [0.5, 0.6) is 0 Å². The average Bonchev–Trinajstić information content (AvgIpc) is 2.94. The zero-order valence-corrected chi connectivity index (χ0v) is 13.2. The van der Waals surface area contributed by atoms with Crippen molar-refractivity contribution in [1.82, 2.24) is 4.90 Å². The molecule has 0 bridgehead atoms. The molecule has 0 aromatic carbocycles. The molecule has 2 fully saturated rings. The number of hydrogen-bond donors (Lipinski definition) is 1. The van der Waals surface area contributed by atoms with E-state index in [1.165, 1.54) is 6.92 Å². The highest BCUT2D eigenvalue weighted by molar-refractivity contribution is 8.01. The summed E-state index contributed by atoms with van der Waals surface area (Å²) in [5, 5.41) is 8.83. The van der Waals surface area contributed by atoms with E-state index in [9.17, 15) is 14.4 Å². The van der Waals surface area contributed by atoms with Crippen LogP contribution in [-0.2, 0) is 19.1 Å². The summed E-state index contributed by atoms with van der Waals surface area (Å²) in [6, 6.07) is 1.02. The number of carbonyl (C=O) groups is 3. The maximum Gasteiger partial charge on any atom is 0.330 e. The minimum absolute atomic E-state index is 0.0730. The number of amides is 1. The predicted molar refractivity (Wildman–Crippen MR) is 79.2 cm³/mol. The SMILES string of the molecule is C/C(N)=C(\C#N)C(=O)COC(=O)[C@@H]1CS[C@]2(C)CCC(=O)N12. The lowest BCUT2D eigenvalue weighted by Crippen LogP contribution is -2.47. The van der Waals surface area contributed by atoms with E-state index >= 15 is 0 Å². The summed E-state index contributed by atoms with van der Waals surface area (Å²) in [6.07, 6.45) is 1.12. The zero-order chi connectivity index (χ0) is 16.5. The van der Waals surface area contributed by atoms with Crippen molar-refractivity contribution in [3.8, 4) is 6.07 Å². The summed E-state index contributed by atoms with van der Waals surface area (Å²) >= 11 is 1.54. The number of nitrogens with zero attached hydrogens (tertiary/aromatic N) is 2. The predicted octanol–water partition coefficient (Wildman–Crippen LogP) is 0.309. The lowest BCUT2D eigenvalue weighted by Gasteiger charge is -2.29. The third kappa shape index (κ3) is 2.81. The summed E-state index contributed by atoms with van der Waals surface area (Å²) in [5.41, 5.74) is 5.29. The fourth-order valence-corrected chi connectivity index (χ4v) is 4.09. The molecule has 8 heteroatoms. The van der Waals surface area contributed by atoms with E-state index in [1.54, 1.807) is 22.7 Å². The van der Waals surface area contributed by atoms with Gasteiger partial charge in [-0.1, -0.05) is 0 Å². The molecule has 2 aliphatic heterocycles. The molecular weight excluding hydrogens is 306 g/mol. The number of nitriles is 1. The van der Waals surface area contributed by atoms with Gasteiger partial charge in [0.25, 0.3) is 0 Å². The van der Waals surface area contributed by atoms with Crippen LogP contribution in [0.3, 0.4) is 0 Å². The van der Waals surface area contributed by atoms with Crippen LogP contribution in [0, 0.1) is 11.3 Å². The van der Waals surface area contributed by atoms with Crippen molar-refractivity contribution in [3.05, 3.63) is 11.3 Å². The molecule has 0 saturated carbocycles. The van der Waals surface area contributed by atoms with Gasteiger partial charge in [0.15, 0.2) is 6.61 Å². The Bertz CT molecular complexity index is 606. The summed E-state index contributed by atoms with van der Waals surface area (Å²) in [5.74, 6) is -0.883. The number of nitrogens with two attached hydrogens (primary N) is 1. The van der Waals surface area contributed by atoms with Crippen molar-refractivity contribution < 1.29 is 19.1 Å². The van der Waals surface area contributed by atoms with Crippen molar-refractivity contribution in [2.75, 3.05) is 12.4 Å². The standard InChI is InChI=1S/C14H17N3O4S/c1-8(16)9(5-15)11(18)6-21-13(20)10-7-22-14(2)4-3-12(19)17(10)14/h10H,3-4,6-7,16H2,1-2H3/b9-8-/t10-,14+/m0/s1. The normalized spacial score (nSPS) is 28.0. The smallest absolute Gasteiger partial charge is 0.330 e. The van der Waals surface area contributed by atoms with Crippen LogP contribution in [0.15, 0.2) is 11.3 Å². The van der Waals surface area contributed by atoms with Crippen LogP contribution < -0.4 is 5.73 Å². The quantitative estimate of drug-likeness (QED) is 0.450. The molecule has 118 valence electrons. The average molecular weight is 323 g/mol. The number of ketones is 1. The first-order valence-electron chi connectivity index (χ1n) is 6.82. The maximum absolute atomic E-state index is 12.1. The Morgan fingerprint density at radius 3 is 2.86 bits per heavy atom. The third-order valence-corrected chi connectivity index (χ3v) is 5.35. The minimum Gasteiger partial charge on any atom is -0.456 e. The topological polar surface area (TPSA) is 113 Å². The minimum atomic E-state index is -0.675. The monoisotopic (exact) mass is 323 g/mol. The molecule has 0 aliphatic carbocycles. The Balaban J connectivity index is 2.00. The highest BCUT2D eigenvalue weighted by Gasteiger charge is 2.53. The molecule has 2 atom stereocenters. The van der Waals surface area contributed by atoms with Crippen LogP contribution in [-0.4, -0.2) is 45.8 Å². The fourth-order valence-electron chi connectivity index (χ4n) is 2.67. The van der Waals surface area contributed by atoms with Crippen LogP contribution in [0.2, 0.25) is 0 Å². The van der Waals surface area contributed by atoms with E-state index in [2.05, 4.69) is 0 Å². The molecule has 2 N–H and O–H groups in total. The molecule has 22 heavy (non-hydrogen) atoms. The first-order chi connectivity index (χ1) is 10.3. The number of fused-ring (bicyclic) bond motifs is 1. The van der Waals surface area contributed by atoms with E-state index in [-0.39, 0.29) is 22.0 Å². The molecule has 0 aromatic rings. The van der Waals surface area contributed by atoms with Crippen molar-refractivity contribution >= 4 is 29.4 Å². The van der Waals surface area contributed by atoms with Gasteiger partial charge < -0.3 is 15.4 Å². The second-order valence-corrected chi connectivity index (χ2v) is 6.97. The summed E-state index contributed by atoms with van der Waals surface area (Å²) in [7, 11) is 0. The van der Waals surface area contributed by atoms with Gasteiger partial charge >= 0.3 is 5.97 Å². The van der Waals surface area contributed by atoms with Crippen molar-refractivity contribution in [2.24, 2.45) is 5.73 Å². The highest BCUT2D eigenvalue weighted by atomic mass is 32.2. The largest absolute Gasteiger partial charge is 0.456 e. The third-order valence-electron chi connectivity index (χ3n) is 3.85. The molecule has 0 unspecified atom stereocenters. The number of esters is 1. The number of ether oxygens (including phenoxy) is 1. The van der Waals surface area contributed by atoms with E-state index in [4.69, 9.17) is 15.7 Å². The first kappa shape index (κ1) is 16.4. The summed E-state index contributed by atoms with van der Waals surface area (Å²) in [4.78, 5) is 37.0. The maximum atomic E-state index is 12.1. The Hall–Kier alpha value is -2.01. The molecule has 2 aliphatic rings. The van der Waals surface area contributed by atoms with Gasteiger partial charge in [-0.15, -0.1) is 11.8 Å². The number of allylic oxidation sites excluding steroid dienone is 1. The van der Waals surface area contributed by atoms with Crippen molar-refractivity contribution in [3.63, 3.8) is 0 Å². The second kappa shape index (κ2) is 6.01. The Morgan fingerprint density at radius 1 is 1.59 bits per heavy atom. The zero-order valence-electron chi connectivity index (χ0n) is 12.4. The van der Waals surface area contributed by atoms with Crippen LogP contribution in [0.1, 0.15) is 26.7 Å². The number of carbonyl (C=O) groups excluding carboxylic acids is 3. The molecule has 0 radical (unpaired) electrons. The summed E-state index contributed by atoms with van der Waals surface area (Å²) in [6.45, 7) is 2.81. The molecule has 2 saturated heterocycles. The van der Waals surface area contributed by atoms with Gasteiger partial charge in [-0.05, 0) is 20.3 Å².